The molecular formula is C8H8O3S. The molecule has 0 amide bonds. The lowest BCUT2D eigenvalue weighted by Gasteiger charge is -2.03. The number of benzene rings is 1. The minimum Gasteiger partial charge on any atom is -0.504 e. The molecule has 3 nitrogen and oxygen atoms in total. The maximum atomic E-state index is 10.8. The van der Waals surface area contributed by atoms with Gasteiger partial charge in [-0.05, 0) is 18.2 Å². The van der Waals surface area contributed by atoms with Crippen molar-refractivity contribution in [3.05, 3.63) is 23.8 Å². The molecule has 0 saturated carbocycles. The van der Waals surface area contributed by atoms with Crippen LogP contribution < -0.4 is 4.74 Å². The molecule has 0 unspecified atom stereocenters. The Kier molecular flexibility index (Phi) is 2.60. The Morgan fingerprint density at radius 1 is 1.58 bits per heavy atom. The maximum Gasteiger partial charge on any atom is 0.216 e. The molecule has 0 aliphatic heterocycles. The number of ether oxygens (including phenoxy) is 1. The molecule has 64 valence electrons. The summed E-state index contributed by atoms with van der Waals surface area (Å²) >= 11 is 3.63. The summed E-state index contributed by atoms with van der Waals surface area (Å²) in [7, 11) is 1.42. The van der Waals surface area contributed by atoms with Gasteiger partial charge in [-0.15, -0.1) is 12.6 Å². The summed E-state index contributed by atoms with van der Waals surface area (Å²) in [5, 5.41) is 8.80. The third-order valence-corrected chi connectivity index (χ3v) is 1.68. The average Bonchev–Trinajstić information content (AvgIpc) is 2.05. The Morgan fingerprint density at radius 3 is 2.75 bits per heavy atom. The van der Waals surface area contributed by atoms with Crippen LogP contribution in [0.25, 0.3) is 0 Å². The predicted octanol–water partition coefficient (Wildman–Crippen LogP) is 1.47. The predicted molar refractivity (Wildman–Crippen MR) is 48.0 cm³/mol. The van der Waals surface area contributed by atoms with E-state index in [1.807, 2.05) is 0 Å². The van der Waals surface area contributed by atoms with Gasteiger partial charge >= 0.3 is 0 Å². The van der Waals surface area contributed by atoms with Crippen LogP contribution in [0.15, 0.2) is 18.2 Å². The van der Waals surface area contributed by atoms with E-state index >= 15 is 0 Å². The van der Waals surface area contributed by atoms with Crippen LogP contribution in [-0.4, -0.2) is 17.3 Å². The second-order valence-electron chi connectivity index (χ2n) is 2.19. The fourth-order valence-corrected chi connectivity index (χ4v) is 0.950. The van der Waals surface area contributed by atoms with Crippen molar-refractivity contribution < 1.29 is 14.6 Å². The minimum absolute atomic E-state index is 0.0100. The van der Waals surface area contributed by atoms with Crippen molar-refractivity contribution in [1.82, 2.24) is 0 Å². The van der Waals surface area contributed by atoms with Crippen LogP contribution in [0, 0.1) is 0 Å². The molecule has 0 aliphatic carbocycles. The SMILES string of the molecule is COc1cc(C(=O)S)ccc1O. The molecule has 0 atom stereocenters. The van der Waals surface area contributed by atoms with E-state index in [0.29, 0.717) is 5.56 Å². The molecule has 1 N–H and O–H groups in total. The standard InChI is InChI=1S/C8H8O3S/c1-11-7-4-5(8(10)12)2-3-6(7)9/h2-4,9H,1H3,(H,10,12). The van der Waals surface area contributed by atoms with Gasteiger partial charge in [-0.25, -0.2) is 0 Å². The first-order valence-corrected chi connectivity index (χ1v) is 3.70. The van der Waals surface area contributed by atoms with Gasteiger partial charge in [0.2, 0.25) is 5.12 Å². The van der Waals surface area contributed by atoms with Crippen molar-refractivity contribution in [1.29, 1.82) is 0 Å². The van der Waals surface area contributed by atoms with Gasteiger partial charge in [0.1, 0.15) is 0 Å². The molecule has 1 aromatic carbocycles. The lowest BCUT2D eigenvalue weighted by molar-refractivity contribution is 0.109. The first-order chi connectivity index (χ1) is 5.65. The summed E-state index contributed by atoms with van der Waals surface area (Å²) in [5.41, 5.74) is 0.396. The second kappa shape index (κ2) is 3.49. The number of carbonyl (C=O) groups is 1. The average molecular weight is 184 g/mol. The molecule has 0 spiro atoms. The van der Waals surface area contributed by atoms with Crippen molar-refractivity contribution in [2.24, 2.45) is 0 Å². The highest BCUT2D eigenvalue weighted by molar-refractivity contribution is 7.97. The summed E-state index contributed by atoms with van der Waals surface area (Å²) in [6, 6.07) is 4.31. The molecule has 1 rings (SSSR count). The normalized spacial score (nSPS) is 9.50. The van der Waals surface area contributed by atoms with Crippen LogP contribution in [0.1, 0.15) is 10.4 Å². The largest absolute Gasteiger partial charge is 0.504 e. The number of thiol groups is 1. The Hall–Kier alpha value is -1.16. The highest BCUT2D eigenvalue weighted by atomic mass is 32.1. The van der Waals surface area contributed by atoms with E-state index in [9.17, 15) is 4.79 Å². The lowest BCUT2D eigenvalue weighted by Crippen LogP contribution is -1.90. The monoisotopic (exact) mass is 184 g/mol. The quantitative estimate of drug-likeness (QED) is 0.684. The number of rotatable bonds is 2. The van der Waals surface area contributed by atoms with E-state index in [0.717, 1.165) is 0 Å². The maximum absolute atomic E-state index is 10.8. The molecule has 0 saturated heterocycles. The van der Waals surface area contributed by atoms with Gasteiger partial charge < -0.3 is 9.84 Å². The Labute approximate surface area is 75.4 Å². The van der Waals surface area contributed by atoms with Gasteiger partial charge in [0.15, 0.2) is 11.5 Å². The highest BCUT2D eigenvalue weighted by Gasteiger charge is 2.05. The summed E-state index contributed by atoms with van der Waals surface area (Å²) < 4.78 is 4.80. The fourth-order valence-electron chi connectivity index (χ4n) is 0.811. The smallest absolute Gasteiger partial charge is 0.216 e. The third kappa shape index (κ3) is 1.71. The molecule has 1 aromatic rings. The van der Waals surface area contributed by atoms with Crippen LogP contribution in [0.2, 0.25) is 0 Å². The first-order valence-electron chi connectivity index (χ1n) is 3.25. The van der Waals surface area contributed by atoms with Gasteiger partial charge in [0.05, 0.1) is 7.11 Å². The number of phenols is 1. The number of phenolic OH excluding ortho intramolecular Hbond substituents is 1. The van der Waals surface area contributed by atoms with Crippen LogP contribution >= 0.6 is 12.6 Å². The summed E-state index contributed by atoms with van der Waals surface area (Å²) in [6.07, 6.45) is 0. The van der Waals surface area contributed by atoms with Gasteiger partial charge in [0.25, 0.3) is 0 Å². The van der Waals surface area contributed by atoms with E-state index < -0.39 is 0 Å². The minimum atomic E-state index is -0.353. The van der Waals surface area contributed by atoms with Gasteiger partial charge in [-0.1, -0.05) is 0 Å². The van der Waals surface area contributed by atoms with Crippen molar-refractivity contribution in [2.45, 2.75) is 0 Å². The van der Waals surface area contributed by atoms with Gasteiger partial charge in [0, 0.05) is 5.56 Å². The summed E-state index contributed by atoms with van der Waals surface area (Å²) in [6.45, 7) is 0. The van der Waals surface area contributed by atoms with Crippen LogP contribution in [-0.2, 0) is 0 Å². The molecule has 0 aliphatic rings. The van der Waals surface area contributed by atoms with Gasteiger partial charge in [-0.2, -0.15) is 0 Å². The molecule has 0 bridgehead atoms. The van der Waals surface area contributed by atoms with Crippen molar-refractivity contribution in [3.8, 4) is 11.5 Å². The van der Waals surface area contributed by atoms with Crippen LogP contribution in [0.5, 0.6) is 11.5 Å². The van der Waals surface area contributed by atoms with E-state index in [4.69, 9.17) is 9.84 Å². The number of carbonyl (C=O) groups excluding carboxylic acids is 1. The summed E-state index contributed by atoms with van der Waals surface area (Å²) in [4.78, 5) is 10.8. The zero-order chi connectivity index (χ0) is 9.14. The van der Waals surface area contributed by atoms with Crippen LogP contribution in [0.3, 0.4) is 0 Å². The molecule has 0 heterocycles. The zero-order valence-electron chi connectivity index (χ0n) is 6.44. The Morgan fingerprint density at radius 2 is 2.25 bits per heavy atom. The molecular weight excluding hydrogens is 176 g/mol. The molecule has 12 heavy (non-hydrogen) atoms. The van der Waals surface area contributed by atoms with Gasteiger partial charge in [-0.3, -0.25) is 4.79 Å². The number of aromatic hydroxyl groups is 1. The van der Waals surface area contributed by atoms with E-state index in [-0.39, 0.29) is 16.6 Å². The van der Waals surface area contributed by atoms with Crippen molar-refractivity contribution in [2.75, 3.05) is 7.11 Å². The molecule has 0 radical (unpaired) electrons. The fraction of sp³-hybridized carbons (Fsp3) is 0.125. The van der Waals surface area contributed by atoms with Crippen molar-refractivity contribution >= 4 is 17.7 Å². The highest BCUT2D eigenvalue weighted by Crippen LogP contribution is 2.26. The Bertz CT molecular complexity index is 309. The first kappa shape index (κ1) is 8.93. The number of methoxy groups -OCH3 is 1. The van der Waals surface area contributed by atoms with E-state index in [1.165, 1.54) is 25.3 Å². The molecule has 0 aromatic heterocycles. The van der Waals surface area contributed by atoms with E-state index in [2.05, 4.69) is 12.6 Å². The number of hydrogen-bond donors (Lipinski definition) is 2. The topological polar surface area (TPSA) is 46.5 Å². The Balaban J connectivity index is 3.13. The zero-order valence-corrected chi connectivity index (χ0v) is 7.34. The third-order valence-electron chi connectivity index (χ3n) is 1.43. The number of hydrogen-bond acceptors (Lipinski definition) is 3. The summed E-state index contributed by atoms with van der Waals surface area (Å²) in [5.74, 6) is 0.283. The van der Waals surface area contributed by atoms with Crippen LogP contribution in [0.4, 0.5) is 0 Å². The van der Waals surface area contributed by atoms with E-state index in [1.54, 1.807) is 0 Å². The second-order valence-corrected chi connectivity index (χ2v) is 2.60. The molecule has 0 fully saturated rings. The lowest BCUT2D eigenvalue weighted by atomic mass is 10.2. The van der Waals surface area contributed by atoms with Crippen molar-refractivity contribution in [3.63, 3.8) is 0 Å². The molecule has 4 heteroatoms.